The number of anilines is 2. The predicted octanol–water partition coefficient (Wildman–Crippen LogP) is 2.65. The molecule has 0 aliphatic rings. The van der Waals surface area contributed by atoms with Gasteiger partial charge in [-0.25, -0.2) is 13.4 Å². The van der Waals surface area contributed by atoms with Gasteiger partial charge in [-0.3, -0.25) is 4.72 Å². The second-order valence-electron chi connectivity index (χ2n) is 4.36. The third-order valence-electron chi connectivity index (χ3n) is 2.54. The molecular formula is C12H15ClN4O3S. The molecule has 0 spiro atoms. The van der Waals surface area contributed by atoms with Crippen LogP contribution in [0.15, 0.2) is 27.7 Å². The first-order valence-electron chi connectivity index (χ1n) is 6.28. The number of aromatic nitrogens is 2. The van der Waals surface area contributed by atoms with Gasteiger partial charge in [0.05, 0.1) is 5.02 Å². The van der Waals surface area contributed by atoms with Crippen molar-refractivity contribution in [2.45, 2.75) is 25.2 Å². The van der Waals surface area contributed by atoms with E-state index in [1.807, 2.05) is 6.92 Å². The number of hydrogen-bond acceptors (Lipinski definition) is 6. The van der Waals surface area contributed by atoms with E-state index in [9.17, 15) is 8.42 Å². The van der Waals surface area contributed by atoms with Crippen LogP contribution in [-0.4, -0.2) is 25.1 Å². The van der Waals surface area contributed by atoms with Crippen LogP contribution >= 0.6 is 11.6 Å². The minimum Gasteiger partial charge on any atom is -0.369 e. The van der Waals surface area contributed by atoms with E-state index in [2.05, 4.69) is 20.2 Å². The van der Waals surface area contributed by atoms with Crippen LogP contribution in [-0.2, 0) is 10.0 Å². The Bertz CT molecular complexity index is 730. The SMILES string of the molecule is CCCNc1ncc(S(=O)(=O)Nc2cc(C)on2)cc1Cl. The van der Waals surface area contributed by atoms with Crippen LogP contribution in [0.4, 0.5) is 11.6 Å². The maximum atomic E-state index is 12.2. The minimum absolute atomic E-state index is 0.0461. The normalized spacial score (nSPS) is 11.4. The first kappa shape index (κ1) is 15.6. The van der Waals surface area contributed by atoms with Gasteiger partial charge in [0.1, 0.15) is 16.5 Å². The summed E-state index contributed by atoms with van der Waals surface area (Å²) in [4.78, 5) is 3.98. The van der Waals surface area contributed by atoms with Crippen LogP contribution in [0, 0.1) is 6.92 Å². The smallest absolute Gasteiger partial charge is 0.264 e. The molecule has 21 heavy (non-hydrogen) atoms. The number of aryl methyl sites for hydroxylation is 1. The van der Waals surface area contributed by atoms with E-state index in [0.29, 0.717) is 18.1 Å². The molecule has 0 aliphatic heterocycles. The lowest BCUT2D eigenvalue weighted by Crippen LogP contribution is -2.14. The van der Waals surface area contributed by atoms with Crippen molar-refractivity contribution in [3.05, 3.63) is 29.1 Å². The Morgan fingerprint density at radius 3 is 2.71 bits per heavy atom. The third-order valence-corrected chi connectivity index (χ3v) is 4.15. The fourth-order valence-corrected chi connectivity index (χ4v) is 2.80. The molecule has 2 N–H and O–H groups in total. The first-order chi connectivity index (χ1) is 9.92. The Hall–Kier alpha value is -1.80. The molecule has 2 heterocycles. The summed E-state index contributed by atoms with van der Waals surface area (Å²) in [6.45, 7) is 4.37. The number of halogens is 1. The highest BCUT2D eigenvalue weighted by Gasteiger charge is 2.18. The van der Waals surface area contributed by atoms with Crippen molar-refractivity contribution in [1.29, 1.82) is 0 Å². The molecule has 0 saturated carbocycles. The van der Waals surface area contributed by atoms with Gasteiger partial charge in [-0.05, 0) is 19.4 Å². The summed E-state index contributed by atoms with van der Waals surface area (Å²) in [6, 6.07) is 2.81. The van der Waals surface area contributed by atoms with Gasteiger partial charge >= 0.3 is 0 Å². The molecule has 0 unspecified atom stereocenters. The van der Waals surface area contributed by atoms with Crippen molar-refractivity contribution >= 4 is 33.3 Å². The quantitative estimate of drug-likeness (QED) is 0.845. The molecule has 0 radical (unpaired) electrons. The van der Waals surface area contributed by atoms with Crippen molar-refractivity contribution in [1.82, 2.24) is 10.1 Å². The van der Waals surface area contributed by atoms with Gasteiger partial charge < -0.3 is 9.84 Å². The molecule has 9 heteroatoms. The lowest BCUT2D eigenvalue weighted by atomic mass is 10.4. The molecule has 0 aliphatic carbocycles. The van der Waals surface area contributed by atoms with Gasteiger partial charge in [0.2, 0.25) is 0 Å². The Kier molecular flexibility index (Phi) is 4.69. The summed E-state index contributed by atoms with van der Waals surface area (Å²) in [5.41, 5.74) is 0. The Balaban J connectivity index is 2.22. The van der Waals surface area contributed by atoms with Gasteiger partial charge in [0.15, 0.2) is 5.82 Å². The van der Waals surface area contributed by atoms with E-state index in [-0.39, 0.29) is 15.7 Å². The number of sulfonamides is 1. The molecular weight excluding hydrogens is 316 g/mol. The van der Waals surface area contributed by atoms with Crippen molar-refractivity contribution in [3.8, 4) is 0 Å². The molecule has 114 valence electrons. The van der Waals surface area contributed by atoms with Crippen LogP contribution in [0.3, 0.4) is 0 Å². The van der Waals surface area contributed by atoms with E-state index in [4.69, 9.17) is 16.1 Å². The summed E-state index contributed by atoms with van der Waals surface area (Å²) in [7, 11) is -3.81. The molecule has 0 aromatic carbocycles. The van der Waals surface area contributed by atoms with Gasteiger partial charge in [0, 0.05) is 18.8 Å². The van der Waals surface area contributed by atoms with Gasteiger partial charge in [-0.15, -0.1) is 0 Å². The molecule has 0 amide bonds. The van der Waals surface area contributed by atoms with Crippen LogP contribution < -0.4 is 10.0 Å². The standard InChI is InChI=1S/C12H15ClN4O3S/c1-3-4-14-12-10(13)6-9(7-15-12)21(18,19)17-11-5-8(2)20-16-11/h5-7H,3-4H2,1-2H3,(H,14,15)(H,16,17). The Morgan fingerprint density at radius 2 is 2.14 bits per heavy atom. The van der Waals surface area contributed by atoms with Crippen molar-refractivity contribution in [3.63, 3.8) is 0 Å². The van der Waals surface area contributed by atoms with Crippen LogP contribution in [0.25, 0.3) is 0 Å². The maximum absolute atomic E-state index is 12.2. The average Bonchev–Trinajstić information content (AvgIpc) is 2.82. The summed E-state index contributed by atoms with van der Waals surface area (Å²) >= 11 is 6.03. The second kappa shape index (κ2) is 6.31. The summed E-state index contributed by atoms with van der Waals surface area (Å²) in [5.74, 6) is 1.06. The Morgan fingerprint density at radius 1 is 1.38 bits per heavy atom. The average molecular weight is 331 g/mol. The fourth-order valence-electron chi connectivity index (χ4n) is 1.55. The zero-order valence-corrected chi connectivity index (χ0v) is 13.1. The zero-order valence-electron chi connectivity index (χ0n) is 11.6. The lowest BCUT2D eigenvalue weighted by molar-refractivity contribution is 0.400. The van der Waals surface area contributed by atoms with Gasteiger partial charge in [-0.1, -0.05) is 23.7 Å². The topological polar surface area (TPSA) is 97.1 Å². The zero-order chi connectivity index (χ0) is 15.5. The van der Waals surface area contributed by atoms with Crippen LogP contribution in [0.2, 0.25) is 5.02 Å². The molecule has 2 aromatic heterocycles. The molecule has 7 nitrogen and oxygen atoms in total. The summed E-state index contributed by atoms with van der Waals surface area (Å²) < 4.78 is 31.5. The van der Waals surface area contributed by atoms with E-state index in [1.165, 1.54) is 18.3 Å². The number of hydrogen-bond donors (Lipinski definition) is 2. The van der Waals surface area contributed by atoms with Gasteiger partial charge in [0.25, 0.3) is 10.0 Å². The van der Waals surface area contributed by atoms with Gasteiger partial charge in [-0.2, -0.15) is 0 Å². The predicted molar refractivity (Wildman–Crippen MR) is 80.1 cm³/mol. The fraction of sp³-hybridized carbons (Fsp3) is 0.333. The highest BCUT2D eigenvalue weighted by Crippen LogP contribution is 2.23. The minimum atomic E-state index is -3.81. The number of rotatable bonds is 6. The molecule has 0 atom stereocenters. The monoisotopic (exact) mass is 330 g/mol. The van der Waals surface area contributed by atoms with Crippen LogP contribution in [0.1, 0.15) is 19.1 Å². The van der Waals surface area contributed by atoms with Crippen LogP contribution in [0.5, 0.6) is 0 Å². The maximum Gasteiger partial charge on any atom is 0.264 e. The number of nitrogens with zero attached hydrogens (tertiary/aromatic N) is 2. The number of pyridine rings is 1. The van der Waals surface area contributed by atoms with E-state index in [0.717, 1.165) is 6.42 Å². The first-order valence-corrected chi connectivity index (χ1v) is 8.14. The molecule has 0 saturated heterocycles. The van der Waals surface area contributed by atoms with E-state index >= 15 is 0 Å². The second-order valence-corrected chi connectivity index (χ2v) is 6.45. The molecule has 0 fully saturated rings. The van der Waals surface area contributed by atoms with E-state index < -0.39 is 10.0 Å². The summed E-state index contributed by atoms with van der Waals surface area (Å²) in [5, 5.41) is 6.82. The highest BCUT2D eigenvalue weighted by atomic mass is 35.5. The Labute approximate surface area is 127 Å². The van der Waals surface area contributed by atoms with E-state index in [1.54, 1.807) is 6.92 Å². The molecule has 2 aromatic rings. The molecule has 0 bridgehead atoms. The van der Waals surface area contributed by atoms with Crippen molar-refractivity contribution in [2.75, 3.05) is 16.6 Å². The van der Waals surface area contributed by atoms with Crippen molar-refractivity contribution < 1.29 is 12.9 Å². The lowest BCUT2D eigenvalue weighted by Gasteiger charge is -2.09. The molecule has 2 rings (SSSR count). The third kappa shape index (κ3) is 3.85. The van der Waals surface area contributed by atoms with Crippen molar-refractivity contribution in [2.24, 2.45) is 0 Å². The highest BCUT2D eigenvalue weighted by molar-refractivity contribution is 7.92. The number of nitrogens with one attached hydrogen (secondary N) is 2. The largest absolute Gasteiger partial charge is 0.369 e. The summed E-state index contributed by atoms with van der Waals surface area (Å²) in [6.07, 6.45) is 2.14.